The Morgan fingerprint density at radius 3 is 2.32 bits per heavy atom. The third-order valence-corrected chi connectivity index (χ3v) is 6.24. The van der Waals surface area contributed by atoms with Gasteiger partial charge in [-0.1, -0.05) is 67.4 Å². The molecule has 0 aromatic heterocycles. The van der Waals surface area contributed by atoms with Gasteiger partial charge in [-0.2, -0.15) is 0 Å². The van der Waals surface area contributed by atoms with E-state index < -0.39 is 6.04 Å². The van der Waals surface area contributed by atoms with E-state index in [2.05, 4.69) is 12.2 Å². The maximum atomic E-state index is 13.5. The molecule has 7 heteroatoms. The third kappa shape index (κ3) is 9.54. The Hall–Kier alpha value is -3.38. The first-order valence-corrected chi connectivity index (χ1v) is 13.1. The number of carbonyl (C=O) groups is 2. The molecule has 0 fully saturated rings. The van der Waals surface area contributed by atoms with Gasteiger partial charge in [0.15, 0.2) is 0 Å². The topological polar surface area (TPSA) is 58.6 Å². The fraction of sp³-hybridized carbons (Fsp3) is 0.333. The van der Waals surface area contributed by atoms with Crippen LogP contribution in [0.2, 0.25) is 5.02 Å². The van der Waals surface area contributed by atoms with Crippen LogP contribution in [-0.4, -0.2) is 35.9 Å². The Morgan fingerprint density at radius 2 is 1.65 bits per heavy atom. The van der Waals surface area contributed by atoms with Gasteiger partial charge in [0, 0.05) is 31.0 Å². The van der Waals surface area contributed by atoms with Crippen LogP contribution in [-0.2, 0) is 22.6 Å². The molecular formula is C30H34ClFN2O3. The van der Waals surface area contributed by atoms with Gasteiger partial charge in [-0.15, -0.1) is 0 Å². The van der Waals surface area contributed by atoms with Crippen molar-refractivity contribution in [2.45, 2.75) is 51.6 Å². The summed E-state index contributed by atoms with van der Waals surface area (Å²) in [6.45, 7) is 3.16. The predicted octanol–water partition coefficient (Wildman–Crippen LogP) is 6.19. The summed E-state index contributed by atoms with van der Waals surface area (Å²) in [6.07, 6.45) is 2.89. The molecule has 0 aliphatic carbocycles. The summed E-state index contributed by atoms with van der Waals surface area (Å²) in [5.74, 6) is -0.0165. The maximum absolute atomic E-state index is 13.5. The minimum absolute atomic E-state index is 0.157. The zero-order valence-electron chi connectivity index (χ0n) is 21.2. The van der Waals surface area contributed by atoms with Crippen LogP contribution >= 0.6 is 11.6 Å². The summed E-state index contributed by atoms with van der Waals surface area (Å²) in [5, 5.41) is 3.62. The van der Waals surface area contributed by atoms with Gasteiger partial charge in [-0.25, -0.2) is 4.39 Å². The van der Waals surface area contributed by atoms with Crippen LogP contribution in [0.5, 0.6) is 5.75 Å². The molecule has 3 aromatic rings. The van der Waals surface area contributed by atoms with Crippen molar-refractivity contribution in [3.8, 4) is 5.75 Å². The number of amides is 2. The summed E-state index contributed by atoms with van der Waals surface area (Å²) >= 11 is 5.92. The van der Waals surface area contributed by atoms with Crippen molar-refractivity contribution >= 4 is 23.4 Å². The van der Waals surface area contributed by atoms with E-state index in [1.165, 1.54) is 12.1 Å². The second-order valence-corrected chi connectivity index (χ2v) is 9.34. The van der Waals surface area contributed by atoms with E-state index in [1.54, 1.807) is 41.3 Å². The summed E-state index contributed by atoms with van der Waals surface area (Å²) in [4.78, 5) is 28.5. The zero-order valence-corrected chi connectivity index (χ0v) is 21.9. The van der Waals surface area contributed by atoms with Crippen molar-refractivity contribution in [3.05, 3.63) is 101 Å². The molecule has 1 atom stereocenters. The Balaban J connectivity index is 1.76. The lowest BCUT2D eigenvalue weighted by Gasteiger charge is -2.31. The van der Waals surface area contributed by atoms with Crippen LogP contribution in [0.1, 0.15) is 43.7 Å². The van der Waals surface area contributed by atoms with Gasteiger partial charge in [-0.3, -0.25) is 9.59 Å². The summed E-state index contributed by atoms with van der Waals surface area (Å²) in [7, 11) is 0. The molecule has 0 unspecified atom stereocenters. The quantitative estimate of drug-likeness (QED) is 0.256. The minimum atomic E-state index is -0.700. The van der Waals surface area contributed by atoms with Gasteiger partial charge in [0.25, 0.3) is 0 Å². The zero-order chi connectivity index (χ0) is 26.5. The highest BCUT2D eigenvalue weighted by Gasteiger charge is 2.30. The number of carbonyl (C=O) groups excluding carboxylic acids is 2. The average Bonchev–Trinajstić information content (AvgIpc) is 2.91. The van der Waals surface area contributed by atoms with E-state index in [1.807, 2.05) is 30.3 Å². The minimum Gasteiger partial charge on any atom is -0.494 e. The molecule has 3 rings (SSSR count). The first kappa shape index (κ1) is 28.2. The Kier molecular flexibility index (Phi) is 11.4. The highest BCUT2D eigenvalue weighted by Crippen LogP contribution is 2.18. The van der Waals surface area contributed by atoms with Gasteiger partial charge in [0.2, 0.25) is 11.8 Å². The number of unbranched alkanes of at least 4 members (excludes halogenated alkanes) is 1. The molecule has 0 saturated heterocycles. The van der Waals surface area contributed by atoms with Crippen LogP contribution < -0.4 is 10.1 Å². The molecule has 0 aliphatic heterocycles. The summed E-state index contributed by atoms with van der Waals surface area (Å²) in [5.41, 5.74) is 1.72. The maximum Gasteiger partial charge on any atom is 0.243 e. The number of benzene rings is 3. The van der Waals surface area contributed by atoms with Crippen molar-refractivity contribution in [1.29, 1.82) is 0 Å². The Labute approximate surface area is 223 Å². The normalized spacial score (nSPS) is 11.5. The lowest BCUT2D eigenvalue weighted by molar-refractivity contribution is -0.141. The van der Waals surface area contributed by atoms with E-state index in [-0.39, 0.29) is 30.6 Å². The predicted molar refractivity (Wildman–Crippen MR) is 145 cm³/mol. The van der Waals surface area contributed by atoms with E-state index in [0.717, 1.165) is 24.0 Å². The van der Waals surface area contributed by atoms with Crippen molar-refractivity contribution in [2.75, 3.05) is 13.2 Å². The number of rotatable bonds is 14. The SMILES string of the molecule is CCCCNC(=O)[C@H](Cc1ccccc1)N(Cc1ccc(F)cc1)C(=O)CCCOc1ccc(Cl)cc1. The Morgan fingerprint density at radius 1 is 0.946 bits per heavy atom. The van der Waals surface area contributed by atoms with E-state index in [4.69, 9.17) is 16.3 Å². The van der Waals surface area contributed by atoms with Crippen LogP contribution in [0.4, 0.5) is 4.39 Å². The number of halogens is 2. The summed E-state index contributed by atoms with van der Waals surface area (Å²) < 4.78 is 19.3. The van der Waals surface area contributed by atoms with Crippen LogP contribution in [0.3, 0.4) is 0 Å². The molecule has 0 bridgehead atoms. The molecule has 0 saturated carbocycles. The van der Waals surface area contributed by atoms with E-state index in [0.29, 0.717) is 36.8 Å². The van der Waals surface area contributed by atoms with Crippen LogP contribution in [0.15, 0.2) is 78.9 Å². The fourth-order valence-corrected chi connectivity index (χ4v) is 4.06. The molecule has 37 heavy (non-hydrogen) atoms. The monoisotopic (exact) mass is 524 g/mol. The number of nitrogens with one attached hydrogen (secondary N) is 1. The smallest absolute Gasteiger partial charge is 0.243 e. The van der Waals surface area contributed by atoms with Gasteiger partial charge in [-0.05, 0) is 60.4 Å². The third-order valence-electron chi connectivity index (χ3n) is 5.98. The van der Waals surface area contributed by atoms with Crippen molar-refractivity contribution < 1.29 is 18.7 Å². The van der Waals surface area contributed by atoms with Gasteiger partial charge < -0.3 is 15.0 Å². The molecule has 1 N–H and O–H groups in total. The van der Waals surface area contributed by atoms with Crippen LogP contribution in [0.25, 0.3) is 0 Å². The molecular weight excluding hydrogens is 491 g/mol. The molecule has 5 nitrogen and oxygen atoms in total. The first-order valence-electron chi connectivity index (χ1n) is 12.7. The second kappa shape index (κ2) is 15.0. The number of hydrogen-bond acceptors (Lipinski definition) is 3. The molecule has 0 spiro atoms. The standard InChI is InChI=1S/C30H34ClFN2O3/c1-2-3-19-33-30(36)28(21-23-8-5-4-6-9-23)34(22-24-11-15-26(32)16-12-24)29(35)10-7-20-37-27-17-13-25(31)14-18-27/h4-6,8-9,11-18,28H,2-3,7,10,19-22H2,1H3,(H,33,36)/t28-/m0/s1. The summed E-state index contributed by atoms with van der Waals surface area (Å²) in [6, 6.07) is 22.0. The van der Waals surface area contributed by atoms with Crippen molar-refractivity contribution in [1.82, 2.24) is 10.2 Å². The fourth-order valence-electron chi connectivity index (χ4n) is 3.93. The Bertz CT molecular complexity index is 1110. The number of hydrogen-bond donors (Lipinski definition) is 1. The van der Waals surface area contributed by atoms with Crippen molar-refractivity contribution in [2.24, 2.45) is 0 Å². The largest absolute Gasteiger partial charge is 0.494 e. The highest BCUT2D eigenvalue weighted by atomic mass is 35.5. The van der Waals surface area contributed by atoms with E-state index in [9.17, 15) is 14.0 Å². The first-order chi connectivity index (χ1) is 18.0. The second-order valence-electron chi connectivity index (χ2n) is 8.90. The van der Waals surface area contributed by atoms with E-state index >= 15 is 0 Å². The van der Waals surface area contributed by atoms with Gasteiger partial charge >= 0.3 is 0 Å². The molecule has 196 valence electrons. The molecule has 2 amide bonds. The highest BCUT2D eigenvalue weighted by molar-refractivity contribution is 6.30. The number of nitrogens with zero attached hydrogens (tertiary/aromatic N) is 1. The molecule has 0 aliphatic rings. The lowest BCUT2D eigenvalue weighted by Crippen LogP contribution is -2.50. The number of ether oxygens (including phenoxy) is 1. The van der Waals surface area contributed by atoms with Gasteiger partial charge in [0.05, 0.1) is 6.61 Å². The lowest BCUT2D eigenvalue weighted by atomic mass is 10.0. The van der Waals surface area contributed by atoms with Gasteiger partial charge in [0.1, 0.15) is 17.6 Å². The van der Waals surface area contributed by atoms with Crippen molar-refractivity contribution in [3.63, 3.8) is 0 Å². The average molecular weight is 525 g/mol. The van der Waals surface area contributed by atoms with Crippen LogP contribution in [0, 0.1) is 5.82 Å². The molecule has 3 aromatic carbocycles. The molecule has 0 radical (unpaired) electrons. The molecule has 0 heterocycles.